The number of thiazole rings is 1. The maximum absolute atomic E-state index is 12.7. The zero-order valence-electron chi connectivity index (χ0n) is 16.1. The standard InChI is InChI=1S/C20H25N3O4S/c1-21-17(24)11-23(2)18(25)12-27-20(26)14-8-4-3-7-13(14)19-22-15-9-5-6-10-16(15)28-19/h5-6,9-10,13-14H,3-4,7-8,11-12H2,1-2H3,(H,21,24)/t13-,14+/m0/s1. The Morgan fingerprint density at radius 1 is 1.25 bits per heavy atom. The number of hydrogen-bond acceptors (Lipinski definition) is 6. The highest BCUT2D eigenvalue weighted by Gasteiger charge is 2.35. The lowest BCUT2D eigenvalue weighted by atomic mass is 9.79. The predicted octanol–water partition coefficient (Wildman–Crippen LogP) is 2.32. The van der Waals surface area contributed by atoms with Gasteiger partial charge in [-0.2, -0.15) is 0 Å². The fraction of sp³-hybridized carbons (Fsp3) is 0.500. The van der Waals surface area contributed by atoms with E-state index in [-0.39, 0.29) is 36.9 Å². The highest BCUT2D eigenvalue weighted by molar-refractivity contribution is 7.18. The first-order chi connectivity index (χ1) is 13.5. The van der Waals surface area contributed by atoms with E-state index in [1.807, 2.05) is 24.3 Å². The second-order valence-electron chi connectivity index (χ2n) is 7.05. The minimum Gasteiger partial charge on any atom is -0.455 e. The molecule has 0 unspecified atom stereocenters. The number of amides is 2. The molecule has 1 N–H and O–H groups in total. The molecule has 1 heterocycles. The van der Waals surface area contributed by atoms with Crippen molar-refractivity contribution in [3.63, 3.8) is 0 Å². The molecule has 2 aromatic rings. The van der Waals surface area contributed by atoms with Gasteiger partial charge in [-0.15, -0.1) is 11.3 Å². The van der Waals surface area contributed by atoms with E-state index in [4.69, 9.17) is 9.72 Å². The molecule has 0 saturated heterocycles. The van der Waals surface area contributed by atoms with Crippen molar-refractivity contribution in [2.45, 2.75) is 31.6 Å². The largest absolute Gasteiger partial charge is 0.455 e. The van der Waals surface area contributed by atoms with Crippen LogP contribution in [0.4, 0.5) is 0 Å². The number of fused-ring (bicyclic) bond motifs is 1. The minimum atomic E-state index is -0.399. The maximum Gasteiger partial charge on any atom is 0.310 e. The van der Waals surface area contributed by atoms with E-state index in [2.05, 4.69) is 5.32 Å². The molecule has 2 amide bonds. The average Bonchev–Trinajstić information content (AvgIpc) is 3.15. The van der Waals surface area contributed by atoms with Crippen molar-refractivity contribution in [1.29, 1.82) is 0 Å². The lowest BCUT2D eigenvalue weighted by Gasteiger charge is -2.28. The van der Waals surface area contributed by atoms with Gasteiger partial charge in [0.1, 0.15) is 0 Å². The van der Waals surface area contributed by atoms with Crippen molar-refractivity contribution in [3.05, 3.63) is 29.3 Å². The van der Waals surface area contributed by atoms with Gasteiger partial charge in [0, 0.05) is 20.0 Å². The van der Waals surface area contributed by atoms with Crippen molar-refractivity contribution in [2.24, 2.45) is 5.92 Å². The SMILES string of the molecule is CNC(=O)CN(C)C(=O)COC(=O)[C@@H]1CCCC[C@@H]1c1nc2ccccc2s1. The highest BCUT2D eigenvalue weighted by atomic mass is 32.1. The second kappa shape index (κ2) is 9.14. The van der Waals surface area contributed by atoms with Gasteiger partial charge in [-0.3, -0.25) is 14.4 Å². The van der Waals surface area contributed by atoms with Crippen LogP contribution in [0, 0.1) is 5.92 Å². The van der Waals surface area contributed by atoms with E-state index in [1.165, 1.54) is 19.0 Å². The van der Waals surface area contributed by atoms with Crippen LogP contribution >= 0.6 is 11.3 Å². The van der Waals surface area contributed by atoms with E-state index < -0.39 is 5.91 Å². The van der Waals surface area contributed by atoms with Gasteiger partial charge in [0.2, 0.25) is 5.91 Å². The number of nitrogens with zero attached hydrogens (tertiary/aromatic N) is 2. The van der Waals surface area contributed by atoms with E-state index in [0.29, 0.717) is 0 Å². The lowest BCUT2D eigenvalue weighted by molar-refractivity contribution is -0.156. The van der Waals surface area contributed by atoms with Gasteiger partial charge in [-0.1, -0.05) is 25.0 Å². The number of likely N-dealkylation sites (N-methyl/N-ethyl adjacent to an activating group) is 2. The smallest absolute Gasteiger partial charge is 0.310 e. The number of benzene rings is 1. The van der Waals surface area contributed by atoms with E-state index in [0.717, 1.165) is 40.9 Å². The molecule has 7 nitrogen and oxygen atoms in total. The molecule has 2 atom stereocenters. The van der Waals surface area contributed by atoms with Gasteiger partial charge in [0.25, 0.3) is 5.91 Å². The Morgan fingerprint density at radius 3 is 2.75 bits per heavy atom. The van der Waals surface area contributed by atoms with Crippen LogP contribution in [0.1, 0.15) is 36.6 Å². The fourth-order valence-electron chi connectivity index (χ4n) is 3.49. The Bertz CT molecular complexity index is 833. The molecule has 1 fully saturated rings. The summed E-state index contributed by atoms with van der Waals surface area (Å²) in [6.07, 6.45) is 3.65. The van der Waals surface area contributed by atoms with Crippen LogP contribution in [0.3, 0.4) is 0 Å². The van der Waals surface area contributed by atoms with Crippen molar-refractivity contribution in [1.82, 2.24) is 15.2 Å². The summed E-state index contributed by atoms with van der Waals surface area (Å²) in [7, 11) is 3.02. The Labute approximate surface area is 168 Å². The number of para-hydroxylation sites is 1. The third kappa shape index (κ3) is 4.67. The van der Waals surface area contributed by atoms with Crippen molar-refractivity contribution in [2.75, 3.05) is 27.2 Å². The summed E-state index contributed by atoms with van der Waals surface area (Å²) in [4.78, 5) is 42.2. The third-order valence-electron chi connectivity index (χ3n) is 5.12. The van der Waals surface area contributed by atoms with Crippen molar-refractivity contribution in [3.8, 4) is 0 Å². The third-order valence-corrected chi connectivity index (χ3v) is 6.29. The van der Waals surface area contributed by atoms with Crippen LogP contribution in [0.25, 0.3) is 10.2 Å². The monoisotopic (exact) mass is 403 g/mol. The summed E-state index contributed by atoms with van der Waals surface area (Å²) in [6, 6.07) is 7.96. The minimum absolute atomic E-state index is 0.0253. The number of nitrogens with one attached hydrogen (secondary N) is 1. The topological polar surface area (TPSA) is 88.6 Å². The Balaban J connectivity index is 1.64. The first kappa shape index (κ1) is 20.3. The van der Waals surface area contributed by atoms with Gasteiger partial charge >= 0.3 is 5.97 Å². The molecular weight excluding hydrogens is 378 g/mol. The highest BCUT2D eigenvalue weighted by Crippen LogP contribution is 2.41. The molecule has 3 rings (SSSR count). The fourth-order valence-corrected chi connectivity index (χ4v) is 4.66. The van der Waals surface area contributed by atoms with Gasteiger partial charge in [-0.25, -0.2) is 4.98 Å². The van der Waals surface area contributed by atoms with E-state index in [1.54, 1.807) is 11.3 Å². The van der Waals surface area contributed by atoms with E-state index >= 15 is 0 Å². The Kier molecular flexibility index (Phi) is 6.61. The molecule has 0 bridgehead atoms. The predicted molar refractivity (Wildman–Crippen MR) is 107 cm³/mol. The van der Waals surface area contributed by atoms with Crippen LogP contribution in [-0.2, 0) is 19.1 Å². The van der Waals surface area contributed by atoms with Gasteiger partial charge in [0.05, 0.1) is 27.7 Å². The number of carbonyl (C=O) groups is 3. The van der Waals surface area contributed by atoms with Gasteiger partial charge in [0.15, 0.2) is 6.61 Å². The normalized spacial score (nSPS) is 19.2. The molecule has 0 spiro atoms. The molecular formula is C20H25N3O4S. The molecule has 150 valence electrons. The second-order valence-corrected chi connectivity index (χ2v) is 8.11. The molecule has 1 aliphatic rings. The lowest BCUT2D eigenvalue weighted by Crippen LogP contribution is -2.39. The summed E-state index contributed by atoms with van der Waals surface area (Å²) in [5, 5.41) is 3.42. The molecule has 1 aromatic carbocycles. The zero-order chi connectivity index (χ0) is 20.1. The number of rotatable bonds is 6. The average molecular weight is 404 g/mol. The summed E-state index contributed by atoms with van der Waals surface area (Å²) < 4.78 is 6.43. The molecule has 1 aliphatic carbocycles. The van der Waals surface area contributed by atoms with Crippen LogP contribution in [-0.4, -0.2) is 54.9 Å². The first-order valence-corrected chi connectivity index (χ1v) is 10.3. The van der Waals surface area contributed by atoms with Gasteiger partial charge in [-0.05, 0) is 25.0 Å². The van der Waals surface area contributed by atoms with Crippen molar-refractivity contribution >= 4 is 39.3 Å². The number of hydrogen-bond donors (Lipinski definition) is 1. The van der Waals surface area contributed by atoms with Crippen LogP contribution in [0.15, 0.2) is 24.3 Å². The van der Waals surface area contributed by atoms with Crippen LogP contribution < -0.4 is 5.32 Å². The zero-order valence-corrected chi connectivity index (χ0v) is 17.0. The quantitative estimate of drug-likeness (QED) is 0.748. The van der Waals surface area contributed by atoms with Crippen LogP contribution in [0.2, 0.25) is 0 Å². The summed E-state index contributed by atoms with van der Waals surface area (Å²) in [5.41, 5.74) is 0.950. The molecule has 28 heavy (non-hydrogen) atoms. The number of esters is 1. The summed E-state index contributed by atoms with van der Waals surface area (Å²) in [5.74, 6) is -1.29. The van der Waals surface area contributed by atoms with Crippen LogP contribution in [0.5, 0.6) is 0 Å². The Morgan fingerprint density at radius 2 is 2.00 bits per heavy atom. The number of ether oxygens (including phenoxy) is 1. The molecule has 1 saturated carbocycles. The van der Waals surface area contributed by atoms with Crippen molar-refractivity contribution < 1.29 is 19.1 Å². The van der Waals surface area contributed by atoms with Gasteiger partial charge < -0.3 is 15.0 Å². The molecule has 0 aliphatic heterocycles. The summed E-state index contributed by atoms with van der Waals surface area (Å²) in [6.45, 7) is -0.417. The maximum atomic E-state index is 12.7. The molecule has 8 heteroatoms. The molecule has 1 aromatic heterocycles. The first-order valence-electron chi connectivity index (χ1n) is 9.46. The number of carbonyl (C=O) groups excluding carboxylic acids is 3. The molecule has 0 radical (unpaired) electrons. The summed E-state index contributed by atoms with van der Waals surface area (Å²) >= 11 is 1.63. The number of aromatic nitrogens is 1. The Hall–Kier alpha value is -2.48. The van der Waals surface area contributed by atoms with E-state index in [9.17, 15) is 14.4 Å².